The average molecular weight is 365 g/mol. The van der Waals surface area contributed by atoms with Gasteiger partial charge >= 0.3 is 0 Å². The Balaban J connectivity index is 1.57. The third-order valence-electron chi connectivity index (χ3n) is 4.15. The first-order chi connectivity index (χ1) is 12.0. The fourth-order valence-corrected chi connectivity index (χ4v) is 3.60. The highest BCUT2D eigenvalue weighted by Crippen LogP contribution is 2.24. The van der Waals surface area contributed by atoms with E-state index in [1.165, 1.54) is 11.3 Å². The van der Waals surface area contributed by atoms with E-state index in [-0.39, 0.29) is 30.0 Å². The summed E-state index contributed by atoms with van der Waals surface area (Å²) in [6.07, 6.45) is 1.48. The summed E-state index contributed by atoms with van der Waals surface area (Å²) in [4.78, 5) is 27.0. The number of ketones is 1. The first-order valence-corrected chi connectivity index (χ1v) is 8.86. The van der Waals surface area contributed by atoms with Crippen molar-refractivity contribution >= 4 is 23.0 Å². The predicted molar refractivity (Wildman–Crippen MR) is 89.8 cm³/mol. The molecule has 1 aliphatic heterocycles. The van der Waals surface area contributed by atoms with Crippen LogP contribution in [0.2, 0.25) is 0 Å². The van der Waals surface area contributed by atoms with Gasteiger partial charge in [-0.1, -0.05) is 6.07 Å². The van der Waals surface area contributed by atoms with E-state index in [1.54, 1.807) is 11.0 Å². The second-order valence-corrected chi connectivity index (χ2v) is 6.83. The fourth-order valence-electron chi connectivity index (χ4n) is 2.86. The number of ether oxygens (including phenoxy) is 1. The van der Waals surface area contributed by atoms with Gasteiger partial charge in [-0.15, -0.1) is 11.3 Å². The molecule has 1 atom stereocenters. The molecular formula is C18H17F2NO3S. The second kappa shape index (κ2) is 7.74. The molecule has 0 saturated carbocycles. The number of hydrogen-bond donors (Lipinski definition) is 0. The highest BCUT2D eigenvalue weighted by Gasteiger charge is 2.29. The van der Waals surface area contributed by atoms with Crippen molar-refractivity contribution in [3.63, 3.8) is 0 Å². The van der Waals surface area contributed by atoms with Crippen molar-refractivity contribution < 1.29 is 23.1 Å². The van der Waals surface area contributed by atoms with E-state index in [0.717, 1.165) is 25.0 Å². The van der Waals surface area contributed by atoms with Gasteiger partial charge < -0.3 is 9.64 Å². The molecular weight excluding hydrogens is 348 g/mol. The van der Waals surface area contributed by atoms with Gasteiger partial charge in [-0.25, -0.2) is 8.78 Å². The van der Waals surface area contributed by atoms with Crippen LogP contribution in [0.3, 0.4) is 0 Å². The van der Waals surface area contributed by atoms with Crippen molar-refractivity contribution in [2.45, 2.75) is 12.8 Å². The molecule has 2 heterocycles. The summed E-state index contributed by atoms with van der Waals surface area (Å²) < 4.78 is 31.6. The Morgan fingerprint density at radius 1 is 1.28 bits per heavy atom. The number of likely N-dealkylation sites (tertiary alicyclic amines) is 1. The molecule has 1 saturated heterocycles. The van der Waals surface area contributed by atoms with E-state index < -0.39 is 11.6 Å². The lowest BCUT2D eigenvalue weighted by Gasteiger charge is -2.31. The molecule has 0 bridgehead atoms. The van der Waals surface area contributed by atoms with Crippen LogP contribution in [0, 0.1) is 17.6 Å². The summed E-state index contributed by atoms with van der Waals surface area (Å²) in [6, 6.07) is 6.54. The zero-order valence-electron chi connectivity index (χ0n) is 13.4. The quantitative estimate of drug-likeness (QED) is 0.762. The van der Waals surface area contributed by atoms with Crippen molar-refractivity contribution in [2.75, 3.05) is 19.7 Å². The van der Waals surface area contributed by atoms with Gasteiger partial charge in [-0.05, 0) is 36.4 Å². The summed E-state index contributed by atoms with van der Waals surface area (Å²) in [5, 5.41) is 1.85. The maximum absolute atomic E-state index is 13.5. The molecule has 0 spiro atoms. The Labute approximate surface area is 148 Å². The van der Waals surface area contributed by atoms with E-state index >= 15 is 0 Å². The minimum atomic E-state index is -0.850. The highest BCUT2D eigenvalue weighted by atomic mass is 32.1. The van der Waals surface area contributed by atoms with Crippen LogP contribution in [-0.2, 0) is 4.79 Å². The number of hydrogen-bond acceptors (Lipinski definition) is 4. The molecule has 1 amide bonds. The highest BCUT2D eigenvalue weighted by molar-refractivity contribution is 7.12. The van der Waals surface area contributed by atoms with E-state index in [1.807, 2.05) is 11.4 Å². The molecule has 3 rings (SSSR count). The largest absolute Gasteiger partial charge is 0.481 e. The van der Waals surface area contributed by atoms with E-state index in [0.29, 0.717) is 24.0 Å². The van der Waals surface area contributed by atoms with Gasteiger partial charge in [0.15, 0.2) is 24.0 Å². The molecule has 0 radical (unpaired) electrons. The van der Waals surface area contributed by atoms with Crippen LogP contribution in [0.5, 0.6) is 5.75 Å². The van der Waals surface area contributed by atoms with Crippen molar-refractivity contribution in [1.82, 2.24) is 4.90 Å². The van der Waals surface area contributed by atoms with Crippen molar-refractivity contribution in [2.24, 2.45) is 5.92 Å². The van der Waals surface area contributed by atoms with Crippen LogP contribution >= 0.6 is 11.3 Å². The average Bonchev–Trinajstić information content (AvgIpc) is 3.15. The van der Waals surface area contributed by atoms with Crippen LogP contribution in [0.15, 0.2) is 35.7 Å². The maximum atomic E-state index is 13.5. The summed E-state index contributed by atoms with van der Waals surface area (Å²) >= 11 is 1.39. The number of Topliss-reactive ketones (excluding diaryl/α,β-unsaturated/α-hetero) is 1. The summed E-state index contributed by atoms with van der Waals surface area (Å²) in [5.41, 5.74) is 0. The number of carbonyl (C=O) groups excluding carboxylic acids is 2. The van der Waals surface area contributed by atoms with Crippen LogP contribution < -0.4 is 4.74 Å². The van der Waals surface area contributed by atoms with Gasteiger partial charge in [0.25, 0.3) is 5.91 Å². The Hall–Kier alpha value is -2.28. The number of rotatable bonds is 5. The number of halogens is 2. The molecule has 0 N–H and O–H groups in total. The molecule has 2 aromatic rings. The van der Waals surface area contributed by atoms with E-state index in [9.17, 15) is 18.4 Å². The summed E-state index contributed by atoms with van der Waals surface area (Å²) in [7, 11) is 0. The maximum Gasteiger partial charge on any atom is 0.260 e. The SMILES string of the molecule is O=C(c1cccs1)[C@@H]1CCCN(C(=O)COc2ccc(F)cc2F)C1. The Kier molecular flexibility index (Phi) is 5.43. The summed E-state index contributed by atoms with van der Waals surface area (Å²) in [6.45, 7) is 0.537. The Morgan fingerprint density at radius 3 is 2.84 bits per heavy atom. The van der Waals surface area contributed by atoms with Gasteiger partial charge in [0.05, 0.1) is 4.88 Å². The minimum absolute atomic E-state index is 0.0537. The van der Waals surface area contributed by atoms with E-state index in [4.69, 9.17) is 4.74 Å². The third-order valence-corrected chi connectivity index (χ3v) is 5.04. The molecule has 25 heavy (non-hydrogen) atoms. The molecule has 0 aliphatic carbocycles. The van der Waals surface area contributed by atoms with Gasteiger partial charge in [-0.3, -0.25) is 9.59 Å². The number of carbonyl (C=O) groups is 2. The number of benzene rings is 1. The zero-order valence-corrected chi connectivity index (χ0v) is 14.2. The normalized spacial score (nSPS) is 17.4. The number of nitrogens with zero attached hydrogens (tertiary/aromatic N) is 1. The molecule has 1 aromatic carbocycles. The number of amides is 1. The molecule has 1 aliphatic rings. The Bertz CT molecular complexity index is 764. The molecule has 7 heteroatoms. The summed E-state index contributed by atoms with van der Waals surface area (Å²) in [5.74, 6) is -2.21. The van der Waals surface area contributed by atoms with Gasteiger partial charge in [0, 0.05) is 25.1 Å². The van der Waals surface area contributed by atoms with Gasteiger partial charge in [-0.2, -0.15) is 0 Å². The molecule has 132 valence electrons. The van der Waals surface area contributed by atoms with Crippen molar-refractivity contribution in [1.29, 1.82) is 0 Å². The monoisotopic (exact) mass is 365 g/mol. The van der Waals surface area contributed by atoms with Crippen LogP contribution in [0.4, 0.5) is 8.78 Å². The van der Waals surface area contributed by atoms with Gasteiger partial charge in [0.1, 0.15) is 5.82 Å². The lowest BCUT2D eigenvalue weighted by atomic mass is 9.93. The third kappa shape index (κ3) is 4.22. The second-order valence-electron chi connectivity index (χ2n) is 5.88. The lowest BCUT2D eigenvalue weighted by Crippen LogP contribution is -2.44. The van der Waals surface area contributed by atoms with Crippen molar-refractivity contribution in [3.05, 3.63) is 52.2 Å². The Morgan fingerprint density at radius 2 is 2.12 bits per heavy atom. The lowest BCUT2D eigenvalue weighted by molar-refractivity contribution is -0.134. The first kappa shape index (κ1) is 17.5. The van der Waals surface area contributed by atoms with Gasteiger partial charge in [0.2, 0.25) is 0 Å². The van der Waals surface area contributed by atoms with E-state index in [2.05, 4.69) is 0 Å². The van der Waals surface area contributed by atoms with Crippen LogP contribution in [0.25, 0.3) is 0 Å². The standard InChI is InChI=1S/C18H17F2NO3S/c19-13-5-6-15(14(20)9-13)24-11-17(22)21-7-1-3-12(10-21)18(23)16-4-2-8-25-16/h2,4-6,8-9,12H,1,3,7,10-11H2/t12-/m1/s1. The minimum Gasteiger partial charge on any atom is -0.481 e. The van der Waals surface area contributed by atoms with Crippen LogP contribution in [0.1, 0.15) is 22.5 Å². The number of piperidine rings is 1. The number of thiophene rings is 1. The molecule has 0 unspecified atom stereocenters. The molecule has 1 fully saturated rings. The first-order valence-electron chi connectivity index (χ1n) is 7.98. The molecule has 1 aromatic heterocycles. The molecule has 4 nitrogen and oxygen atoms in total. The zero-order chi connectivity index (χ0) is 17.8. The predicted octanol–water partition coefficient (Wildman–Crippen LogP) is 3.53. The van der Waals surface area contributed by atoms with Crippen molar-refractivity contribution in [3.8, 4) is 5.75 Å². The fraction of sp³-hybridized carbons (Fsp3) is 0.333. The smallest absolute Gasteiger partial charge is 0.260 e. The van der Waals surface area contributed by atoms with Crippen LogP contribution in [-0.4, -0.2) is 36.3 Å². The topological polar surface area (TPSA) is 46.6 Å².